The molecule has 0 spiro atoms. The summed E-state index contributed by atoms with van der Waals surface area (Å²) in [6.45, 7) is 3.10. The van der Waals surface area contributed by atoms with Gasteiger partial charge in [-0.3, -0.25) is 9.69 Å². The van der Waals surface area contributed by atoms with Crippen LogP contribution in [0.1, 0.15) is 26.2 Å². The summed E-state index contributed by atoms with van der Waals surface area (Å²) in [5, 5.41) is 0. The van der Waals surface area contributed by atoms with Crippen molar-refractivity contribution < 1.29 is 9.59 Å². The summed E-state index contributed by atoms with van der Waals surface area (Å²) in [6.07, 6.45) is 2.95. The van der Waals surface area contributed by atoms with E-state index in [0.29, 0.717) is 6.54 Å². The SMILES string of the molecule is CCN1C(=O)[C@@H]2CCCCN2C1=O. The van der Waals surface area contributed by atoms with Crippen molar-refractivity contribution in [2.75, 3.05) is 13.1 Å². The largest absolute Gasteiger partial charge is 0.327 e. The standard InChI is InChI=1S/C9H14N2O2/c1-2-10-8(12)7-5-3-4-6-11(7)9(10)13/h7H,2-6H2,1H3/t7-/m0/s1. The van der Waals surface area contributed by atoms with Gasteiger partial charge in [-0.2, -0.15) is 0 Å². The van der Waals surface area contributed by atoms with Gasteiger partial charge in [0.2, 0.25) is 0 Å². The van der Waals surface area contributed by atoms with E-state index in [2.05, 4.69) is 0 Å². The number of hydrogen-bond acceptors (Lipinski definition) is 2. The Labute approximate surface area is 77.5 Å². The first-order valence-corrected chi connectivity index (χ1v) is 4.87. The first-order valence-electron chi connectivity index (χ1n) is 4.87. The summed E-state index contributed by atoms with van der Waals surface area (Å²) in [5.74, 6) is 0.00667. The zero-order valence-electron chi connectivity index (χ0n) is 7.82. The molecule has 1 atom stereocenters. The van der Waals surface area contributed by atoms with Gasteiger partial charge in [0, 0.05) is 13.1 Å². The molecule has 2 aliphatic rings. The number of carbonyl (C=O) groups is 2. The molecule has 2 rings (SSSR count). The molecule has 0 bridgehead atoms. The quantitative estimate of drug-likeness (QED) is 0.563. The number of fused-ring (bicyclic) bond motifs is 1. The van der Waals surface area contributed by atoms with Crippen molar-refractivity contribution in [1.82, 2.24) is 9.80 Å². The number of hydrogen-bond donors (Lipinski definition) is 0. The summed E-state index contributed by atoms with van der Waals surface area (Å²) in [6, 6.07) is -0.224. The van der Waals surface area contributed by atoms with Crippen LogP contribution in [0, 0.1) is 0 Å². The minimum Gasteiger partial charge on any atom is -0.312 e. The highest BCUT2D eigenvalue weighted by atomic mass is 16.2. The normalized spacial score (nSPS) is 28.2. The first kappa shape index (κ1) is 8.53. The highest BCUT2D eigenvalue weighted by Crippen LogP contribution is 2.25. The Morgan fingerprint density at radius 3 is 2.77 bits per heavy atom. The lowest BCUT2D eigenvalue weighted by atomic mass is 10.0. The van der Waals surface area contributed by atoms with E-state index in [-0.39, 0.29) is 18.0 Å². The lowest BCUT2D eigenvalue weighted by Crippen LogP contribution is -2.38. The van der Waals surface area contributed by atoms with Gasteiger partial charge in [-0.05, 0) is 26.2 Å². The number of nitrogens with zero attached hydrogens (tertiary/aromatic N) is 2. The number of rotatable bonds is 1. The molecule has 2 fully saturated rings. The predicted octanol–water partition coefficient (Wildman–Crippen LogP) is 0.823. The summed E-state index contributed by atoms with van der Waals surface area (Å²) >= 11 is 0. The van der Waals surface area contributed by atoms with Crippen LogP contribution in [0.4, 0.5) is 4.79 Å². The number of carbonyl (C=O) groups excluding carboxylic acids is 2. The fourth-order valence-corrected chi connectivity index (χ4v) is 2.14. The van der Waals surface area contributed by atoms with E-state index in [4.69, 9.17) is 0 Å². The van der Waals surface area contributed by atoms with Crippen LogP contribution in [-0.2, 0) is 4.79 Å². The van der Waals surface area contributed by atoms with Crippen LogP contribution >= 0.6 is 0 Å². The molecule has 4 heteroatoms. The lowest BCUT2D eigenvalue weighted by Gasteiger charge is -2.25. The molecule has 2 heterocycles. The Bertz CT molecular complexity index is 228. The zero-order valence-corrected chi connectivity index (χ0v) is 7.82. The number of imide groups is 1. The molecule has 72 valence electrons. The van der Waals surface area contributed by atoms with Crippen molar-refractivity contribution in [1.29, 1.82) is 0 Å². The summed E-state index contributed by atoms with van der Waals surface area (Å²) in [4.78, 5) is 26.3. The van der Waals surface area contributed by atoms with E-state index in [1.807, 2.05) is 6.92 Å². The Hall–Kier alpha value is -1.06. The second-order valence-corrected chi connectivity index (χ2v) is 3.57. The maximum atomic E-state index is 11.6. The molecular formula is C9H14N2O2. The average Bonchev–Trinajstić information content (AvgIpc) is 2.41. The highest BCUT2D eigenvalue weighted by molar-refractivity contribution is 6.04. The monoisotopic (exact) mass is 182 g/mol. The second kappa shape index (κ2) is 3.01. The van der Waals surface area contributed by atoms with Gasteiger partial charge in [0.1, 0.15) is 6.04 Å². The van der Waals surface area contributed by atoms with E-state index in [1.54, 1.807) is 4.90 Å². The van der Waals surface area contributed by atoms with E-state index >= 15 is 0 Å². The topological polar surface area (TPSA) is 40.6 Å². The average molecular weight is 182 g/mol. The van der Waals surface area contributed by atoms with Gasteiger partial charge in [-0.15, -0.1) is 0 Å². The van der Waals surface area contributed by atoms with E-state index < -0.39 is 0 Å². The molecule has 0 aromatic rings. The van der Waals surface area contributed by atoms with Gasteiger partial charge < -0.3 is 4.90 Å². The Morgan fingerprint density at radius 1 is 1.38 bits per heavy atom. The molecule has 2 saturated heterocycles. The number of piperidine rings is 1. The van der Waals surface area contributed by atoms with Gasteiger partial charge in [-0.25, -0.2) is 4.79 Å². The first-order chi connectivity index (χ1) is 6.25. The summed E-state index contributed by atoms with van der Waals surface area (Å²) in [5.41, 5.74) is 0. The molecule has 0 aliphatic carbocycles. The van der Waals surface area contributed by atoms with E-state index in [9.17, 15) is 9.59 Å². The summed E-state index contributed by atoms with van der Waals surface area (Å²) in [7, 11) is 0. The molecule has 0 aromatic heterocycles. The summed E-state index contributed by atoms with van der Waals surface area (Å²) < 4.78 is 0. The van der Waals surface area contributed by atoms with Crippen LogP contribution in [0.5, 0.6) is 0 Å². The van der Waals surface area contributed by atoms with Crippen LogP contribution < -0.4 is 0 Å². The molecule has 0 saturated carbocycles. The van der Waals surface area contributed by atoms with Crippen LogP contribution in [0.3, 0.4) is 0 Å². The smallest absolute Gasteiger partial charge is 0.312 e. The third-order valence-corrected chi connectivity index (χ3v) is 2.85. The predicted molar refractivity (Wildman–Crippen MR) is 47.1 cm³/mol. The third kappa shape index (κ3) is 1.12. The van der Waals surface area contributed by atoms with Gasteiger partial charge in [-0.1, -0.05) is 0 Å². The fraction of sp³-hybridized carbons (Fsp3) is 0.778. The van der Waals surface area contributed by atoms with Crippen LogP contribution in [0.25, 0.3) is 0 Å². The second-order valence-electron chi connectivity index (χ2n) is 3.57. The highest BCUT2D eigenvalue weighted by Gasteiger charge is 2.44. The number of amides is 3. The van der Waals surface area contributed by atoms with Gasteiger partial charge >= 0.3 is 6.03 Å². The van der Waals surface area contributed by atoms with Crippen LogP contribution in [0.15, 0.2) is 0 Å². The number of urea groups is 1. The third-order valence-electron chi connectivity index (χ3n) is 2.85. The molecule has 0 N–H and O–H groups in total. The Kier molecular flexibility index (Phi) is 1.98. The molecular weight excluding hydrogens is 168 g/mol. The fourth-order valence-electron chi connectivity index (χ4n) is 2.14. The van der Waals surface area contributed by atoms with Crippen molar-refractivity contribution in [3.8, 4) is 0 Å². The Morgan fingerprint density at radius 2 is 2.15 bits per heavy atom. The van der Waals surface area contributed by atoms with Gasteiger partial charge in [0.05, 0.1) is 0 Å². The molecule has 4 nitrogen and oxygen atoms in total. The van der Waals surface area contributed by atoms with E-state index in [0.717, 1.165) is 25.8 Å². The van der Waals surface area contributed by atoms with E-state index in [1.165, 1.54) is 4.90 Å². The molecule has 0 unspecified atom stereocenters. The molecule has 0 radical (unpaired) electrons. The van der Waals surface area contributed by atoms with Crippen molar-refractivity contribution in [2.24, 2.45) is 0 Å². The van der Waals surface area contributed by atoms with Crippen molar-refractivity contribution >= 4 is 11.9 Å². The minimum absolute atomic E-state index is 0.00667. The van der Waals surface area contributed by atoms with Crippen molar-refractivity contribution in [3.63, 3.8) is 0 Å². The zero-order chi connectivity index (χ0) is 9.42. The van der Waals surface area contributed by atoms with Crippen molar-refractivity contribution in [2.45, 2.75) is 32.2 Å². The minimum atomic E-state index is -0.138. The van der Waals surface area contributed by atoms with Crippen LogP contribution in [0.2, 0.25) is 0 Å². The molecule has 2 aliphatic heterocycles. The number of likely N-dealkylation sites (N-methyl/N-ethyl adjacent to an activating group) is 1. The van der Waals surface area contributed by atoms with Gasteiger partial charge in [0.15, 0.2) is 0 Å². The lowest BCUT2D eigenvalue weighted by molar-refractivity contribution is -0.128. The van der Waals surface area contributed by atoms with Gasteiger partial charge in [0.25, 0.3) is 5.91 Å². The molecule has 3 amide bonds. The molecule has 13 heavy (non-hydrogen) atoms. The maximum absolute atomic E-state index is 11.6. The maximum Gasteiger partial charge on any atom is 0.327 e. The van der Waals surface area contributed by atoms with Crippen molar-refractivity contribution in [3.05, 3.63) is 0 Å². The Balaban J connectivity index is 2.22. The van der Waals surface area contributed by atoms with Crippen LogP contribution in [-0.4, -0.2) is 40.9 Å². The molecule has 0 aromatic carbocycles.